The van der Waals surface area contributed by atoms with Crippen molar-refractivity contribution in [3.8, 4) is 0 Å². The van der Waals surface area contributed by atoms with Crippen molar-refractivity contribution in [2.75, 3.05) is 11.9 Å². The molecule has 0 amide bonds. The molecule has 2 rings (SSSR count). The van der Waals surface area contributed by atoms with Gasteiger partial charge < -0.3 is 5.32 Å². The third-order valence-electron chi connectivity index (χ3n) is 4.19. The third-order valence-corrected chi connectivity index (χ3v) is 4.19. The average molecular weight is 318 g/mol. The van der Waals surface area contributed by atoms with Gasteiger partial charge in [0.2, 0.25) is 0 Å². The Hall–Kier alpha value is -2.11. The van der Waals surface area contributed by atoms with Gasteiger partial charge in [-0.25, -0.2) is 9.78 Å². The summed E-state index contributed by atoms with van der Waals surface area (Å²) in [6.45, 7) is 3.03. The van der Waals surface area contributed by atoms with Crippen LogP contribution in [0.1, 0.15) is 45.4 Å². The first-order valence-corrected chi connectivity index (χ1v) is 8.36. The maximum Gasteiger partial charge on any atom is 0.332 e. The number of nitrogens with zero attached hydrogens (tertiary/aromatic N) is 3. The number of unbranched alkanes of at least 4 members (excludes halogenated alkanes) is 5. The fourth-order valence-electron chi connectivity index (χ4n) is 2.76. The molecule has 2 aromatic rings. The van der Waals surface area contributed by atoms with E-state index in [-0.39, 0.29) is 11.2 Å². The second-order valence-electron chi connectivity index (χ2n) is 5.96. The van der Waals surface area contributed by atoms with Gasteiger partial charge in [0.25, 0.3) is 5.56 Å². The van der Waals surface area contributed by atoms with E-state index in [1.54, 1.807) is 19.3 Å². The standard InChI is InChI=1S/C17H26N4O2/c1-4-5-6-7-8-9-11-18-13-10-12-19-15-14(13)16(22)21(3)17(23)20(15)2/h10,12H,4-9,11H2,1-3H3,(H,18,19). The first-order chi connectivity index (χ1) is 11.1. The summed E-state index contributed by atoms with van der Waals surface area (Å²) < 4.78 is 2.53. The molecular weight excluding hydrogens is 292 g/mol. The lowest BCUT2D eigenvalue weighted by atomic mass is 10.1. The lowest BCUT2D eigenvalue weighted by Crippen LogP contribution is -2.37. The first kappa shape index (κ1) is 17.2. The molecule has 0 saturated heterocycles. The Labute approximate surface area is 136 Å². The summed E-state index contributed by atoms with van der Waals surface area (Å²) in [5, 5.41) is 3.80. The summed E-state index contributed by atoms with van der Waals surface area (Å²) in [5.41, 5.74) is 0.510. The van der Waals surface area contributed by atoms with E-state index in [1.807, 2.05) is 0 Å². The van der Waals surface area contributed by atoms with Crippen molar-refractivity contribution in [2.24, 2.45) is 14.1 Å². The highest BCUT2D eigenvalue weighted by Crippen LogP contribution is 2.16. The molecule has 23 heavy (non-hydrogen) atoms. The molecule has 0 radical (unpaired) electrons. The first-order valence-electron chi connectivity index (χ1n) is 8.36. The molecule has 2 heterocycles. The van der Waals surface area contributed by atoms with Crippen molar-refractivity contribution >= 4 is 16.7 Å². The number of anilines is 1. The van der Waals surface area contributed by atoms with E-state index in [9.17, 15) is 9.59 Å². The molecule has 0 atom stereocenters. The van der Waals surface area contributed by atoms with Crippen LogP contribution in [0.5, 0.6) is 0 Å². The van der Waals surface area contributed by atoms with E-state index in [0.717, 1.165) is 23.2 Å². The average Bonchev–Trinajstić information content (AvgIpc) is 2.57. The van der Waals surface area contributed by atoms with Gasteiger partial charge in [-0.1, -0.05) is 39.0 Å². The zero-order chi connectivity index (χ0) is 16.8. The molecular formula is C17H26N4O2. The Bertz CT molecular complexity index is 776. The van der Waals surface area contributed by atoms with Crippen LogP contribution in [0.4, 0.5) is 5.69 Å². The Balaban J connectivity index is 2.13. The maximum absolute atomic E-state index is 12.4. The monoisotopic (exact) mass is 318 g/mol. The van der Waals surface area contributed by atoms with E-state index in [4.69, 9.17) is 0 Å². The molecule has 0 aliphatic heterocycles. The smallest absolute Gasteiger partial charge is 0.332 e. The van der Waals surface area contributed by atoms with E-state index in [0.29, 0.717) is 11.0 Å². The Morgan fingerprint density at radius 2 is 1.74 bits per heavy atom. The molecule has 2 aromatic heterocycles. The van der Waals surface area contributed by atoms with Crippen LogP contribution in [0, 0.1) is 0 Å². The van der Waals surface area contributed by atoms with Gasteiger partial charge in [-0.3, -0.25) is 13.9 Å². The lowest BCUT2D eigenvalue weighted by molar-refractivity contribution is 0.617. The second kappa shape index (κ2) is 7.94. The van der Waals surface area contributed by atoms with Gasteiger partial charge >= 0.3 is 5.69 Å². The van der Waals surface area contributed by atoms with E-state index in [1.165, 1.54) is 43.7 Å². The number of rotatable bonds is 8. The van der Waals surface area contributed by atoms with Gasteiger partial charge in [0.15, 0.2) is 5.65 Å². The molecule has 0 fully saturated rings. The predicted octanol–water partition coefficient (Wildman–Crippen LogP) is 2.40. The van der Waals surface area contributed by atoms with E-state index >= 15 is 0 Å². The molecule has 0 bridgehead atoms. The number of hydrogen-bond donors (Lipinski definition) is 1. The Morgan fingerprint density at radius 3 is 2.48 bits per heavy atom. The molecule has 6 heteroatoms. The van der Waals surface area contributed by atoms with Crippen LogP contribution in [-0.2, 0) is 14.1 Å². The molecule has 0 unspecified atom stereocenters. The van der Waals surface area contributed by atoms with Crippen molar-refractivity contribution in [1.29, 1.82) is 0 Å². The quantitative estimate of drug-likeness (QED) is 0.759. The van der Waals surface area contributed by atoms with Crippen LogP contribution in [0.3, 0.4) is 0 Å². The largest absolute Gasteiger partial charge is 0.384 e. The summed E-state index contributed by atoms with van der Waals surface area (Å²) in [5.74, 6) is 0. The molecule has 1 N–H and O–H groups in total. The van der Waals surface area contributed by atoms with Crippen molar-refractivity contribution < 1.29 is 0 Å². The van der Waals surface area contributed by atoms with Crippen LogP contribution in [-0.4, -0.2) is 20.7 Å². The molecule has 0 saturated carbocycles. The van der Waals surface area contributed by atoms with Gasteiger partial charge in [0, 0.05) is 26.8 Å². The second-order valence-corrected chi connectivity index (χ2v) is 5.96. The van der Waals surface area contributed by atoms with E-state index in [2.05, 4.69) is 17.2 Å². The molecule has 0 aliphatic rings. The molecule has 6 nitrogen and oxygen atoms in total. The highest BCUT2D eigenvalue weighted by molar-refractivity contribution is 5.87. The van der Waals surface area contributed by atoms with Gasteiger partial charge in [-0.2, -0.15) is 0 Å². The topological polar surface area (TPSA) is 68.9 Å². The number of hydrogen-bond acceptors (Lipinski definition) is 4. The summed E-state index contributed by atoms with van der Waals surface area (Å²) in [6.07, 6.45) is 8.98. The van der Waals surface area contributed by atoms with Gasteiger partial charge in [-0.15, -0.1) is 0 Å². The number of fused-ring (bicyclic) bond motifs is 1. The fourth-order valence-corrected chi connectivity index (χ4v) is 2.76. The molecule has 0 aromatic carbocycles. The molecule has 0 aliphatic carbocycles. The zero-order valence-electron chi connectivity index (χ0n) is 14.3. The number of aromatic nitrogens is 3. The van der Waals surface area contributed by atoms with Gasteiger partial charge in [0.1, 0.15) is 5.39 Å². The van der Waals surface area contributed by atoms with Crippen LogP contribution < -0.4 is 16.6 Å². The summed E-state index contributed by atoms with van der Waals surface area (Å²) in [7, 11) is 3.13. The predicted molar refractivity (Wildman–Crippen MR) is 94.1 cm³/mol. The number of aryl methyl sites for hydroxylation is 1. The molecule has 126 valence electrons. The van der Waals surface area contributed by atoms with E-state index < -0.39 is 0 Å². The van der Waals surface area contributed by atoms with Crippen molar-refractivity contribution in [1.82, 2.24) is 14.1 Å². The highest BCUT2D eigenvalue weighted by atomic mass is 16.2. The summed E-state index contributed by atoms with van der Waals surface area (Å²) in [4.78, 5) is 28.6. The Kier molecular flexibility index (Phi) is 5.96. The maximum atomic E-state index is 12.4. The minimum absolute atomic E-state index is 0.304. The lowest BCUT2D eigenvalue weighted by Gasteiger charge is -2.12. The molecule has 0 spiro atoms. The summed E-state index contributed by atoms with van der Waals surface area (Å²) >= 11 is 0. The van der Waals surface area contributed by atoms with Crippen LogP contribution in [0.2, 0.25) is 0 Å². The SMILES string of the molecule is CCCCCCCCNc1ccnc2c1c(=O)n(C)c(=O)n2C. The number of pyridine rings is 1. The van der Waals surface area contributed by atoms with Gasteiger partial charge in [0.05, 0.1) is 5.69 Å². The minimum atomic E-state index is -0.358. The van der Waals surface area contributed by atoms with Crippen LogP contribution in [0.25, 0.3) is 11.0 Å². The van der Waals surface area contributed by atoms with Crippen molar-refractivity contribution in [2.45, 2.75) is 45.4 Å². The fraction of sp³-hybridized carbons (Fsp3) is 0.588. The number of nitrogens with one attached hydrogen (secondary N) is 1. The normalized spacial score (nSPS) is 11.1. The van der Waals surface area contributed by atoms with Crippen LogP contribution >= 0.6 is 0 Å². The Morgan fingerprint density at radius 1 is 1.04 bits per heavy atom. The summed E-state index contributed by atoms with van der Waals surface area (Å²) in [6, 6.07) is 1.80. The van der Waals surface area contributed by atoms with Crippen molar-refractivity contribution in [3.63, 3.8) is 0 Å². The highest BCUT2D eigenvalue weighted by Gasteiger charge is 2.12. The third kappa shape index (κ3) is 3.81. The van der Waals surface area contributed by atoms with Crippen molar-refractivity contribution in [3.05, 3.63) is 33.1 Å². The van der Waals surface area contributed by atoms with Crippen LogP contribution in [0.15, 0.2) is 21.9 Å². The van der Waals surface area contributed by atoms with Gasteiger partial charge in [-0.05, 0) is 12.5 Å². The zero-order valence-corrected chi connectivity index (χ0v) is 14.3. The minimum Gasteiger partial charge on any atom is -0.384 e.